The van der Waals surface area contributed by atoms with E-state index in [1.807, 2.05) is 18.2 Å². The number of aromatic nitrogens is 4. The number of imidazole rings is 1. The molecule has 6 heteroatoms. The van der Waals surface area contributed by atoms with Crippen LogP contribution in [0.3, 0.4) is 0 Å². The van der Waals surface area contributed by atoms with E-state index in [0.717, 1.165) is 16.8 Å². The van der Waals surface area contributed by atoms with E-state index in [-0.39, 0.29) is 0 Å². The number of nitrogens with one attached hydrogen (secondary N) is 2. The van der Waals surface area contributed by atoms with Gasteiger partial charge in [-0.15, -0.1) is 6.42 Å². The molecular formula is C15H13N5O. The van der Waals surface area contributed by atoms with Gasteiger partial charge in [-0.1, -0.05) is 5.92 Å². The van der Waals surface area contributed by atoms with Gasteiger partial charge in [0.2, 0.25) is 0 Å². The number of methoxy groups -OCH3 is 1. The molecule has 0 aliphatic heterocycles. The Labute approximate surface area is 121 Å². The molecule has 0 aliphatic rings. The Kier molecular flexibility index (Phi) is 3.39. The molecule has 0 amide bonds. The summed E-state index contributed by atoms with van der Waals surface area (Å²) in [6.45, 7) is 0.456. The lowest BCUT2D eigenvalue weighted by Crippen LogP contribution is -1.99. The average Bonchev–Trinajstić information content (AvgIpc) is 2.96. The second-order valence-corrected chi connectivity index (χ2v) is 4.32. The third-order valence-corrected chi connectivity index (χ3v) is 3.01. The summed E-state index contributed by atoms with van der Waals surface area (Å²) in [6, 6.07) is 5.70. The fraction of sp³-hybridized carbons (Fsp3) is 0.133. The zero-order valence-electron chi connectivity index (χ0n) is 11.4. The number of hydrogen-bond donors (Lipinski definition) is 2. The molecular weight excluding hydrogens is 266 g/mol. The SMILES string of the molecule is C#CCNc1ccc(OC)c(-c2nc3ncncc3[nH]2)c1. The van der Waals surface area contributed by atoms with Crippen molar-refractivity contribution in [3.8, 4) is 29.5 Å². The van der Waals surface area contributed by atoms with Gasteiger partial charge in [-0.25, -0.2) is 15.0 Å². The fourth-order valence-corrected chi connectivity index (χ4v) is 2.05. The highest BCUT2D eigenvalue weighted by molar-refractivity contribution is 5.78. The number of aromatic amines is 1. The maximum atomic E-state index is 5.39. The molecule has 0 unspecified atom stereocenters. The first kappa shape index (κ1) is 12.9. The van der Waals surface area contributed by atoms with Crippen molar-refractivity contribution in [3.05, 3.63) is 30.7 Å². The maximum absolute atomic E-state index is 5.39. The summed E-state index contributed by atoms with van der Waals surface area (Å²) in [4.78, 5) is 15.7. The monoisotopic (exact) mass is 279 g/mol. The topological polar surface area (TPSA) is 75.7 Å². The van der Waals surface area contributed by atoms with E-state index in [1.165, 1.54) is 6.33 Å². The van der Waals surface area contributed by atoms with Gasteiger partial charge in [-0.05, 0) is 18.2 Å². The molecule has 0 saturated carbocycles. The van der Waals surface area contributed by atoms with Gasteiger partial charge >= 0.3 is 0 Å². The lowest BCUT2D eigenvalue weighted by molar-refractivity contribution is 0.416. The lowest BCUT2D eigenvalue weighted by atomic mass is 10.1. The number of benzene rings is 1. The number of hydrogen-bond acceptors (Lipinski definition) is 5. The first-order chi connectivity index (χ1) is 10.3. The van der Waals surface area contributed by atoms with Gasteiger partial charge in [0.15, 0.2) is 5.65 Å². The quantitative estimate of drug-likeness (QED) is 0.715. The molecule has 1 aromatic carbocycles. The minimum absolute atomic E-state index is 0.456. The number of fused-ring (bicyclic) bond motifs is 1. The van der Waals surface area contributed by atoms with E-state index < -0.39 is 0 Å². The second kappa shape index (κ2) is 5.51. The molecule has 2 heterocycles. The van der Waals surface area contributed by atoms with Gasteiger partial charge in [0.25, 0.3) is 0 Å². The summed E-state index contributed by atoms with van der Waals surface area (Å²) in [7, 11) is 1.62. The van der Waals surface area contributed by atoms with Crippen LogP contribution in [0.4, 0.5) is 5.69 Å². The second-order valence-electron chi connectivity index (χ2n) is 4.32. The molecule has 21 heavy (non-hydrogen) atoms. The Balaban J connectivity index is 2.08. The van der Waals surface area contributed by atoms with E-state index in [4.69, 9.17) is 11.2 Å². The van der Waals surface area contributed by atoms with Gasteiger partial charge in [0, 0.05) is 5.69 Å². The van der Waals surface area contributed by atoms with Crippen molar-refractivity contribution in [1.29, 1.82) is 0 Å². The van der Waals surface area contributed by atoms with Crippen LogP contribution in [0.1, 0.15) is 0 Å². The largest absolute Gasteiger partial charge is 0.496 e. The Bertz CT molecular complexity index is 785. The van der Waals surface area contributed by atoms with Crippen LogP contribution in [0.25, 0.3) is 22.6 Å². The molecule has 0 saturated heterocycles. The molecule has 104 valence electrons. The predicted octanol–water partition coefficient (Wildman–Crippen LogP) is 2.07. The van der Waals surface area contributed by atoms with E-state index in [0.29, 0.717) is 23.8 Å². The predicted molar refractivity (Wildman–Crippen MR) is 81.0 cm³/mol. The maximum Gasteiger partial charge on any atom is 0.181 e. The van der Waals surface area contributed by atoms with Gasteiger partial charge in [0.1, 0.15) is 23.4 Å². The third-order valence-electron chi connectivity index (χ3n) is 3.01. The highest BCUT2D eigenvalue weighted by Gasteiger charge is 2.12. The number of rotatable bonds is 4. The molecule has 0 atom stereocenters. The van der Waals surface area contributed by atoms with Gasteiger partial charge in [-0.2, -0.15) is 0 Å². The van der Waals surface area contributed by atoms with Crippen LogP contribution in [0.2, 0.25) is 0 Å². The summed E-state index contributed by atoms with van der Waals surface area (Å²) in [5, 5.41) is 3.13. The molecule has 0 fully saturated rings. The number of terminal acetylenes is 1. The van der Waals surface area contributed by atoms with Gasteiger partial charge in [0.05, 0.1) is 25.4 Å². The Hall–Kier alpha value is -3.07. The number of ether oxygens (including phenoxy) is 1. The van der Waals surface area contributed by atoms with E-state index >= 15 is 0 Å². The first-order valence-corrected chi connectivity index (χ1v) is 6.33. The van der Waals surface area contributed by atoms with Crippen LogP contribution < -0.4 is 10.1 Å². The lowest BCUT2D eigenvalue weighted by Gasteiger charge is -2.09. The average molecular weight is 279 g/mol. The Morgan fingerprint density at radius 3 is 3.10 bits per heavy atom. The van der Waals surface area contributed by atoms with Crippen LogP contribution >= 0.6 is 0 Å². The van der Waals surface area contributed by atoms with Gasteiger partial charge in [-0.3, -0.25) is 0 Å². The summed E-state index contributed by atoms with van der Waals surface area (Å²) in [5.74, 6) is 3.93. The molecule has 0 spiro atoms. The molecule has 0 bridgehead atoms. The summed E-state index contributed by atoms with van der Waals surface area (Å²) in [5.41, 5.74) is 3.12. The summed E-state index contributed by atoms with van der Waals surface area (Å²) < 4.78 is 5.39. The van der Waals surface area contributed by atoms with Crippen molar-refractivity contribution in [2.45, 2.75) is 0 Å². The summed E-state index contributed by atoms with van der Waals surface area (Å²) >= 11 is 0. The minimum Gasteiger partial charge on any atom is -0.496 e. The summed E-state index contributed by atoms with van der Waals surface area (Å²) in [6.07, 6.45) is 8.42. The van der Waals surface area contributed by atoms with Crippen LogP contribution in [-0.4, -0.2) is 33.6 Å². The normalized spacial score (nSPS) is 10.3. The van der Waals surface area contributed by atoms with Crippen molar-refractivity contribution >= 4 is 16.9 Å². The van der Waals surface area contributed by atoms with Crippen molar-refractivity contribution in [1.82, 2.24) is 19.9 Å². The van der Waals surface area contributed by atoms with Crippen molar-refractivity contribution < 1.29 is 4.74 Å². The molecule has 0 radical (unpaired) electrons. The smallest absolute Gasteiger partial charge is 0.181 e. The van der Waals surface area contributed by atoms with E-state index in [9.17, 15) is 0 Å². The Morgan fingerprint density at radius 2 is 2.33 bits per heavy atom. The molecule has 2 aromatic heterocycles. The minimum atomic E-state index is 0.456. The molecule has 3 aromatic rings. The molecule has 3 rings (SSSR count). The zero-order valence-corrected chi connectivity index (χ0v) is 11.4. The number of nitrogens with zero attached hydrogens (tertiary/aromatic N) is 3. The van der Waals surface area contributed by atoms with Crippen LogP contribution in [-0.2, 0) is 0 Å². The standard InChI is InChI=1S/C15H13N5O/c1-3-6-17-10-4-5-13(21-2)11(7-10)14-19-12-8-16-9-18-15(12)20-14/h1,4-5,7-9,17H,6H2,2H3,(H,16,18,19,20). The van der Waals surface area contributed by atoms with Crippen LogP contribution in [0.5, 0.6) is 5.75 Å². The van der Waals surface area contributed by atoms with Crippen molar-refractivity contribution in [2.75, 3.05) is 19.0 Å². The number of H-pyrrole nitrogens is 1. The molecule has 2 N–H and O–H groups in total. The first-order valence-electron chi connectivity index (χ1n) is 6.33. The van der Waals surface area contributed by atoms with E-state index in [2.05, 4.69) is 31.2 Å². The van der Waals surface area contributed by atoms with Crippen LogP contribution in [0.15, 0.2) is 30.7 Å². The van der Waals surface area contributed by atoms with Crippen molar-refractivity contribution in [3.63, 3.8) is 0 Å². The highest BCUT2D eigenvalue weighted by atomic mass is 16.5. The number of anilines is 1. The third kappa shape index (κ3) is 2.49. The Morgan fingerprint density at radius 1 is 1.43 bits per heavy atom. The van der Waals surface area contributed by atoms with Gasteiger partial charge < -0.3 is 15.0 Å². The van der Waals surface area contributed by atoms with Crippen LogP contribution in [0, 0.1) is 12.3 Å². The highest BCUT2D eigenvalue weighted by Crippen LogP contribution is 2.31. The van der Waals surface area contributed by atoms with E-state index in [1.54, 1.807) is 13.3 Å². The fourth-order valence-electron chi connectivity index (χ4n) is 2.05. The molecule has 0 aliphatic carbocycles. The molecule has 6 nitrogen and oxygen atoms in total. The van der Waals surface area contributed by atoms with Crippen molar-refractivity contribution in [2.24, 2.45) is 0 Å². The zero-order chi connectivity index (χ0) is 14.7.